The first kappa shape index (κ1) is 58.4. The highest BCUT2D eigenvalue weighted by molar-refractivity contribution is 5.70. The van der Waals surface area contributed by atoms with Crippen molar-refractivity contribution in [2.24, 2.45) is 0 Å². The number of carbonyl (C=O) groups is 2. The predicted octanol–water partition coefficient (Wildman–Crippen LogP) is 11.8. The summed E-state index contributed by atoms with van der Waals surface area (Å²) in [5, 5.41) is 40.1. The maximum atomic E-state index is 12.8. The normalized spacial score (nSPS) is 20.0. The SMILES string of the molecule is CC/C=C/C/C=C/C/C=C/C/C=C/CCCCC(=O)O[C@@H](COC(=O)CCC/C=C/CCCCCCCCCCCCCCCCCCCC)CO[C@H]1O[C@@H](CO)[C@@H](O)C(O)C1O. The summed E-state index contributed by atoms with van der Waals surface area (Å²) in [5.41, 5.74) is 0. The van der Waals surface area contributed by atoms with Crippen LogP contribution in [0.3, 0.4) is 0 Å². The van der Waals surface area contributed by atoms with Crippen molar-refractivity contribution in [3.63, 3.8) is 0 Å². The Morgan fingerprint density at radius 2 is 0.952 bits per heavy atom. The predicted molar refractivity (Wildman–Crippen MR) is 256 cm³/mol. The van der Waals surface area contributed by atoms with E-state index in [0.29, 0.717) is 12.8 Å². The molecule has 0 aromatic heterocycles. The van der Waals surface area contributed by atoms with Crippen molar-refractivity contribution in [3.05, 3.63) is 60.8 Å². The molecule has 1 heterocycles. The van der Waals surface area contributed by atoms with Crippen LogP contribution in [0.15, 0.2) is 60.8 Å². The first-order valence-corrected chi connectivity index (χ1v) is 25.4. The van der Waals surface area contributed by atoms with Crippen LogP contribution in [0.4, 0.5) is 0 Å². The van der Waals surface area contributed by atoms with Gasteiger partial charge in [-0.3, -0.25) is 9.59 Å². The van der Waals surface area contributed by atoms with Gasteiger partial charge in [-0.2, -0.15) is 0 Å². The second-order valence-corrected chi connectivity index (χ2v) is 17.2. The van der Waals surface area contributed by atoms with Gasteiger partial charge in [0.1, 0.15) is 31.0 Å². The van der Waals surface area contributed by atoms with Crippen LogP contribution in [0.25, 0.3) is 0 Å². The van der Waals surface area contributed by atoms with E-state index in [4.69, 9.17) is 18.9 Å². The van der Waals surface area contributed by atoms with E-state index in [9.17, 15) is 30.0 Å². The Kier molecular flexibility index (Phi) is 40.2. The first-order chi connectivity index (χ1) is 30.8. The summed E-state index contributed by atoms with van der Waals surface area (Å²) < 4.78 is 22.1. The van der Waals surface area contributed by atoms with Crippen LogP contribution in [-0.4, -0.2) is 89.0 Å². The van der Waals surface area contributed by atoms with Crippen molar-refractivity contribution in [3.8, 4) is 0 Å². The highest BCUT2D eigenvalue weighted by Gasteiger charge is 2.44. The zero-order chi connectivity index (χ0) is 45.9. The molecule has 1 saturated heterocycles. The van der Waals surface area contributed by atoms with E-state index in [1.54, 1.807) is 0 Å². The summed E-state index contributed by atoms with van der Waals surface area (Å²) in [6, 6.07) is 0. The maximum absolute atomic E-state index is 12.8. The molecule has 4 N–H and O–H groups in total. The molecule has 0 saturated carbocycles. The Hall–Kier alpha value is -2.60. The van der Waals surface area contributed by atoms with Crippen molar-refractivity contribution in [2.45, 2.75) is 243 Å². The molecule has 0 spiro atoms. The lowest BCUT2D eigenvalue weighted by molar-refractivity contribution is -0.305. The van der Waals surface area contributed by atoms with Gasteiger partial charge in [0.2, 0.25) is 0 Å². The number of unbranched alkanes of at least 4 members (excludes halogenated alkanes) is 21. The average molecular weight is 889 g/mol. The van der Waals surface area contributed by atoms with E-state index >= 15 is 0 Å². The molecule has 0 bridgehead atoms. The van der Waals surface area contributed by atoms with Crippen LogP contribution in [0.1, 0.15) is 206 Å². The number of aliphatic hydroxyl groups is 4. The van der Waals surface area contributed by atoms with Crippen LogP contribution >= 0.6 is 0 Å². The van der Waals surface area contributed by atoms with Gasteiger partial charge in [-0.1, -0.05) is 184 Å². The number of allylic oxidation sites excluding steroid dienone is 10. The molecule has 0 aliphatic carbocycles. The number of rotatable bonds is 42. The minimum Gasteiger partial charge on any atom is -0.462 e. The van der Waals surface area contributed by atoms with E-state index in [2.05, 4.69) is 74.6 Å². The van der Waals surface area contributed by atoms with E-state index in [0.717, 1.165) is 51.4 Å². The van der Waals surface area contributed by atoms with Gasteiger partial charge < -0.3 is 39.4 Å². The first-order valence-electron chi connectivity index (χ1n) is 25.4. The summed E-state index contributed by atoms with van der Waals surface area (Å²) in [6.07, 6.45) is 46.8. The topological polar surface area (TPSA) is 152 Å². The third kappa shape index (κ3) is 34.4. The third-order valence-electron chi connectivity index (χ3n) is 11.4. The minimum atomic E-state index is -1.61. The fourth-order valence-corrected chi connectivity index (χ4v) is 7.42. The van der Waals surface area contributed by atoms with Gasteiger partial charge in [0.25, 0.3) is 0 Å². The molecule has 0 aromatic rings. The van der Waals surface area contributed by atoms with E-state index < -0.39 is 55.4 Å². The van der Waals surface area contributed by atoms with Crippen molar-refractivity contribution in [1.82, 2.24) is 0 Å². The lowest BCUT2D eigenvalue weighted by atomic mass is 9.99. The lowest BCUT2D eigenvalue weighted by Gasteiger charge is -2.39. The molecule has 0 radical (unpaired) electrons. The van der Waals surface area contributed by atoms with Gasteiger partial charge in [0, 0.05) is 12.8 Å². The molecule has 1 fully saturated rings. The van der Waals surface area contributed by atoms with Crippen LogP contribution in [0.2, 0.25) is 0 Å². The Morgan fingerprint density at radius 1 is 0.508 bits per heavy atom. The molecule has 1 aliphatic rings. The number of hydrogen-bond donors (Lipinski definition) is 4. The van der Waals surface area contributed by atoms with Crippen LogP contribution in [-0.2, 0) is 28.5 Å². The fourth-order valence-electron chi connectivity index (χ4n) is 7.42. The minimum absolute atomic E-state index is 0.170. The number of aliphatic hydroxyl groups excluding tert-OH is 4. The molecule has 1 rings (SSSR count). The van der Waals surface area contributed by atoms with Gasteiger partial charge in [0.15, 0.2) is 12.4 Å². The van der Waals surface area contributed by atoms with Gasteiger partial charge in [-0.25, -0.2) is 0 Å². The van der Waals surface area contributed by atoms with E-state index in [1.165, 1.54) is 116 Å². The summed E-state index contributed by atoms with van der Waals surface area (Å²) in [4.78, 5) is 25.4. The zero-order valence-electron chi connectivity index (χ0n) is 39.8. The Labute approximate surface area is 383 Å². The van der Waals surface area contributed by atoms with Gasteiger partial charge in [0.05, 0.1) is 13.2 Å². The summed E-state index contributed by atoms with van der Waals surface area (Å²) in [7, 11) is 0. The zero-order valence-corrected chi connectivity index (χ0v) is 39.8. The molecule has 63 heavy (non-hydrogen) atoms. The second-order valence-electron chi connectivity index (χ2n) is 17.2. The lowest BCUT2D eigenvalue weighted by Crippen LogP contribution is -2.59. The highest BCUT2D eigenvalue weighted by atomic mass is 16.7. The monoisotopic (exact) mass is 889 g/mol. The standard InChI is InChI=1S/C53H92O10/c1-3-5-7-9-11-13-15-17-19-20-21-22-23-24-25-26-28-29-31-33-35-37-39-41-48(55)60-44-46(45-61-53-52(59)51(58)50(57)47(43-54)63-53)62-49(56)42-40-38-36-34-32-30-27-18-16-14-12-10-8-6-4-2/h6,8,12,14,18,27,32-35,46-47,50-54,57-59H,3-5,7,9-11,13,15-17,19-26,28-31,36-45H2,1-2H3/b8-6+,14-12+,27-18+,34-32+,35-33+/t46-,47-,50+,51?,52?,53-/m0/s1. The molecular formula is C53H92O10. The second kappa shape index (κ2) is 43.3. The van der Waals surface area contributed by atoms with Crippen LogP contribution < -0.4 is 0 Å². The number of esters is 2. The molecule has 10 heteroatoms. The Morgan fingerprint density at radius 3 is 1.48 bits per heavy atom. The smallest absolute Gasteiger partial charge is 0.306 e. The third-order valence-corrected chi connectivity index (χ3v) is 11.4. The largest absolute Gasteiger partial charge is 0.462 e. The molecule has 2 unspecified atom stereocenters. The summed E-state index contributed by atoms with van der Waals surface area (Å²) >= 11 is 0. The van der Waals surface area contributed by atoms with E-state index in [-0.39, 0.29) is 26.1 Å². The van der Waals surface area contributed by atoms with E-state index in [1.807, 2.05) is 0 Å². The number of ether oxygens (including phenoxy) is 4. The summed E-state index contributed by atoms with van der Waals surface area (Å²) in [6.45, 7) is 3.26. The van der Waals surface area contributed by atoms with Crippen LogP contribution in [0.5, 0.6) is 0 Å². The Balaban J connectivity index is 2.28. The average Bonchev–Trinajstić information content (AvgIpc) is 3.28. The van der Waals surface area contributed by atoms with Crippen molar-refractivity contribution >= 4 is 11.9 Å². The molecule has 0 amide bonds. The summed E-state index contributed by atoms with van der Waals surface area (Å²) in [5.74, 6) is -0.891. The molecule has 0 aromatic carbocycles. The molecule has 364 valence electrons. The van der Waals surface area contributed by atoms with Crippen molar-refractivity contribution in [1.29, 1.82) is 0 Å². The Bertz CT molecular complexity index is 1210. The maximum Gasteiger partial charge on any atom is 0.306 e. The molecule has 10 nitrogen and oxygen atoms in total. The molecule has 1 aliphatic heterocycles. The number of carbonyl (C=O) groups excluding carboxylic acids is 2. The fraction of sp³-hybridized carbons (Fsp3) is 0.774. The van der Waals surface area contributed by atoms with Gasteiger partial charge >= 0.3 is 11.9 Å². The van der Waals surface area contributed by atoms with Gasteiger partial charge in [-0.05, 0) is 70.6 Å². The number of hydrogen-bond acceptors (Lipinski definition) is 10. The molecular weight excluding hydrogens is 797 g/mol. The van der Waals surface area contributed by atoms with Gasteiger partial charge in [-0.15, -0.1) is 0 Å². The van der Waals surface area contributed by atoms with Crippen molar-refractivity contribution < 1.29 is 49.0 Å². The highest BCUT2D eigenvalue weighted by Crippen LogP contribution is 2.23. The van der Waals surface area contributed by atoms with Crippen LogP contribution in [0, 0.1) is 0 Å². The quantitative estimate of drug-likeness (QED) is 0.0265. The molecule has 6 atom stereocenters. The van der Waals surface area contributed by atoms with Crippen molar-refractivity contribution in [2.75, 3.05) is 19.8 Å².